The number of carbonyl (C=O) groups excluding carboxylic acids is 1. The van der Waals surface area contributed by atoms with Crippen molar-refractivity contribution in [3.8, 4) is 0 Å². The average Bonchev–Trinajstić information content (AvgIpc) is 2.27. The van der Waals surface area contributed by atoms with Crippen molar-refractivity contribution in [1.82, 2.24) is 5.32 Å². The van der Waals surface area contributed by atoms with Crippen molar-refractivity contribution in [3.05, 3.63) is 34.4 Å². The van der Waals surface area contributed by atoms with Crippen molar-refractivity contribution in [1.29, 1.82) is 0 Å². The van der Waals surface area contributed by atoms with Gasteiger partial charge in [0.05, 0.1) is 0 Å². The number of piperidine rings is 1. The Hall–Kier alpha value is -1.15. The first-order valence-electron chi connectivity index (χ1n) is 7.31. The number of nitrogens with one attached hydrogen (secondary N) is 1. The summed E-state index contributed by atoms with van der Waals surface area (Å²) in [5, 5.41) is 3.48. The van der Waals surface area contributed by atoms with Gasteiger partial charge in [0.2, 0.25) is 0 Å². The molecule has 0 radical (unpaired) electrons. The van der Waals surface area contributed by atoms with Crippen molar-refractivity contribution in [2.24, 2.45) is 5.92 Å². The highest BCUT2D eigenvalue weighted by molar-refractivity contribution is 5.99. The van der Waals surface area contributed by atoms with Crippen molar-refractivity contribution < 1.29 is 4.79 Å². The number of rotatable bonds is 3. The quantitative estimate of drug-likeness (QED) is 0.841. The molecule has 2 nitrogen and oxygen atoms in total. The molecule has 0 spiro atoms. The van der Waals surface area contributed by atoms with Crippen LogP contribution in [0.5, 0.6) is 0 Å². The molecule has 1 aliphatic heterocycles. The third-order valence-corrected chi connectivity index (χ3v) is 4.14. The molecule has 1 saturated heterocycles. The Morgan fingerprint density at radius 2 is 1.89 bits per heavy atom. The van der Waals surface area contributed by atoms with E-state index in [9.17, 15) is 4.79 Å². The molecule has 0 aromatic heterocycles. The van der Waals surface area contributed by atoms with E-state index in [0.717, 1.165) is 35.6 Å². The zero-order valence-corrected chi connectivity index (χ0v) is 12.5. The summed E-state index contributed by atoms with van der Waals surface area (Å²) in [4.78, 5) is 12.5. The van der Waals surface area contributed by atoms with Crippen molar-refractivity contribution in [2.45, 2.75) is 53.0 Å². The predicted molar refractivity (Wildman–Crippen MR) is 79.8 cm³/mol. The molecule has 0 bridgehead atoms. The summed E-state index contributed by atoms with van der Waals surface area (Å²) in [5.41, 5.74) is 4.40. The van der Waals surface area contributed by atoms with Crippen molar-refractivity contribution in [2.75, 3.05) is 6.54 Å². The summed E-state index contributed by atoms with van der Waals surface area (Å²) in [6, 6.07) is 4.57. The molecule has 1 aromatic rings. The van der Waals surface area contributed by atoms with Crippen molar-refractivity contribution in [3.63, 3.8) is 0 Å². The topological polar surface area (TPSA) is 29.1 Å². The van der Waals surface area contributed by atoms with Crippen LogP contribution in [0.25, 0.3) is 0 Å². The van der Waals surface area contributed by atoms with E-state index in [0.29, 0.717) is 18.2 Å². The first-order chi connectivity index (χ1) is 8.97. The lowest BCUT2D eigenvalue weighted by molar-refractivity contribution is 0.0957. The minimum atomic E-state index is 0.293. The molecule has 1 aromatic carbocycles. The molecular formula is C17H25NO. The number of carbonyl (C=O) groups is 1. The molecule has 2 atom stereocenters. The van der Waals surface area contributed by atoms with Crippen LogP contribution in [0.1, 0.15) is 53.2 Å². The van der Waals surface area contributed by atoms with Gasteiger partial charge in [0.1, 0.15) is 0 Å². The number of ketones is 1. The van der Waals surface area contributed by atoms with Gasteiger partial charge >= 0.3 is 0 Å². The number of Topliss-reactive ketones (excluding diaryl/α,β-unsaturated/α-hetero) is 1. The Morgan fingerprint density at radius 1 is 1.26 bits per heavy atom. The average molecular weight is 259 g/mol. The molecule has 2 unspecified atom stereocenters. The van der Waals surface area contributed by atoms with Gasteiger partial charge in [-0.1, -0.05) is 24.6 Å². The third-order valence-electron chi connectivity index (χ3n) is 4.14. The highest BCUT2D eigenvalue weighted by atomic mass is 16.1. The second-order valence-electron chi connectivity index (χ2n) is 6.18. The van der Waals surface area contributed by atoms with E-state index >= 15 is 0 Å². The van der Waals surface area contributed by atoms with Gasteiger partial charge in [0, 0.05) is 18.0 Å². The maximum absolute atomic E-state index is 12.5. The molecule has 2 rings (SSSR count). The Balaban J connectivity index is 2.12. The van der Waals surface area contributed by atoms with Gasteiger partial charge in [-0.15, -0.1) is 0 Å². The summed E-state index contributed by atoms with van der Waals surface area (Å²) >= 11 is 0. The second-order valence-corrected chi connectivity index (χ2v) is 6.18. The first kappa shape index (κ1) is 14.3. The molecule has 1 fully saturated rings. The fourth-order valence-electron chi connectivity index (χ4n) is 3.32. The predicted octanol–water partition coefficient (Wildman–Crippen LogP) is 3.57. The highest BCUT2D eigenvalue weighted by Gasteiger charge is 2.22. The van der Waals surface area contributed by atoms with E-state index in [2.05, 4.69) is 31.3 Å². The Morgan fingerprint density at radius 3 is 2.47 bits per heavy atom. The van der Waals surface area contributed by atoms with Crippen LogP contribution >= 0.6 is 0 Å². The molecule has 2 heteroatoms. The minimum Gasteiger partial charge on any atom is -0.314 e. The number of benzene rings is 1. The highest BCUT2D eigenvalue weighted by Crippen LogP contribution is 2.22. The van der Waals surface area contributed by atoms with Crippen LogP contribution in [0.4, 0.5) is 0 Å². The van der Waals surface area contributed by atoms with Gasteiger partial charge < -0.3 is 5.32 Å². The molecule has 1 aliphatic rings. The van der Waals surface area contributed by atoms with Gasteiger partial charge in [-0.3, -0.25) is 4.79 Å². The summed E-state index contributed by atoms with van der Waals surface area (Å²) in [6.45, 7) is 9.50. The molecule has 19 heavy (non-hydrogen) atoms. The molecule has 0 amide bonds. The lowest BCUT2D eigenvalue weighted by Crippen LogP contribution is -2.38. The molecule has 1 N–H and O–H groups in total. The van der Waals surface area contributed by atoms with Crippen LogP contribution < -0.4 is 5.32 Å². The normalized spacial score (nSPS) is 23.4. The molecule has 104 valence electrons. The maximum Gasteiger partial charge on any atom is 0.164 e. The fraction of sp³-hybridized carbons (Fsp3) is 0.588. The van der Waals surface area contributed by atoms with E-state index < -0.39 is 0 Å². The fourth-order valence-corrected chi connectivity index (χ4v) is 3.32. The summed E-state index contributed by atoms with van der Waals surface area (Å²) < 4.78 is 0. The number of hydrogen-bond acceptors (Lipinski definition) is 2. The summed E-state index contributed by atoms with van der Waals surface area (Å²) in [5.74, 6) is 1.03. The van der Waals surface area contributed by atoms with Crippen LogP contribution in [0, 0.1) is 26.7 Å². The van der Waals surface area contributed by atoms with E-state index in [-0.39, 0.29) is 0 Å². The molecule has 0 aliphatic carbocycles. The van der Waals surface area contributed by atoms with Gasteiger partial charge in [-0.2, -0.15) is 0 Å². The van der Waals surface area contributed by atoms with Crippen LogP contribution in [0.15, 0.2) is 12.1 Å². The van der Waals surface area contributed by atoms with E-state index in [1.807, 2.05) is 13.8 Å². The van der Waals surface area contributed by atoms with E-state index in [1.165, 1.54) is 12.0 Å². The van der Waals surface area contributed by atoms with Crippen LogP contribution in [-0.4, -0.2) is 18.4 Å². The van der Waals surface area contributed by atoms with Gasteiger partial charge in [-0.25, -0.2) is 0 Å². The zero-order valence-electron chi connectivity index (χ0n) is 12.5. The smallest absolute Gasteiger partial charge is 0.164 e. The summed E-state index contributed by atoms with van der Waals surface area (Å²) in [7, 11) is 0. The Labute approximate surface area is 116 Å². The molecule has 0 saturated carbocycles. The standard InChI is InChI=1S/C17H25NO/c1-11-5-6-18-15(9-11)10-16(19)17-13(3)7-12(2)8-14(17)4/h7-8,11,15,18H,5-6,9-10H2,1-4H3. The largest absolute Gasteiger partial charge is 0.314 e. The Kier molecular flexibility index (Phi) is 4.41. The lowest BCUT2D eigenvalue weighted by Gasteiger charge is -2.28. The lowest BCUT2D eigenvalue weighted by atomic mass is 9.88. The van der Waals surface area contributed by atoms with E-state index in [1.54, 1.807) is 0 Å². The molecular weight excluding hydrogens is 234 g/mol. The maximum atomic E-state index is 12.5. The number of aryl methyl sites for hydroxylation is 3. The van der Waals surface area contributed by atoms with Crippen LogP contribution in [-0.2, 0) is 0 Å². The first-order valence-corrected chi connectivity index (χ1v) is 7.31. The zero-order chi connectivity index (χ0) is 14.0. The van der Waals surface area contributed by atoms with Crippen LogP contribution in [0.3, 0.4) is 0 Å². The second kappa shape index (κ2) is 5.87. The van der Waals surface area contributed by atoms with Crippen molar-refractivity contribution >= 4 is 5.78 Å². The van der Waals surface area contributed by atoms with Gasteiger partial charge in [0.15, 0.2) is 5.78 Å². The van der Waals surface area contributed by atoms with Crippen LogP contribution in [0.2, 0.25) is 0 Å². The minimum absolute atomic E-state index is 0.293. The summed E-state index contributed by atoms with van der Waals surface area (Å²) in [6.07, 6.45) is 2.98. The molecule has 1 heterocycles. The third kappa shape index (κ3) is 3.44. The number of hydrogen-bond donors (Lipinski definition) is 1. The SMILES string of the molecule is Cc1cc(C)c(C(=O)CC2CC(C)CCN2)c(C)c1. The van der Waals surface area contributed by atoms with Gasteiger partial charge in [-0.05, 0) is 57.2 Å². The Bertz CT molecular complexity index is 455. The monoisotopic (exact) mass is 259 g/mol. The van der Waals surface area contributed by atoms with Gasteiger partial charge in [0.25, 0.3) is 0 Å². The van der Waals surface area contributed by atoms with E-state index in [4.69, 9.17) is 0 Å².